The summed E-state index contributed by atoms with van der Waals surface area (Å²) in [6, 6.07) is 12.4. The number of amides is 1. The molecule has 0 saturated carbocycles. The molecular formula is C16H13Cl2NO3. The van der Waals surface area contributed by atoms with Crippen molar-refractivity contribution in [2.75, 3.05) is 0 Å². The van der Waals surface area contributed by atoms with E-state index < -0.39 is 17.9 Å². The molecule has 2 aromatic carbocycles. The van der Waals surface area contributed by atoms with Crippen molar-refractivity contribution in [1.29, 1.82) is 0 Å². The van der Waals surface area contributed by atoms with E-state index in [9.17, 15) is 14.7 Å². The molecule has 6 heteroatoms. The first-order chi connectivity index (χ1) is 10.5. The van der Waals surface area contributed by atoms with Gasteiger partial charge in [-0.05, 0) is 23.8 Å². The number of carbonyl (C=O) groups excluding carboxylic acids is 1. The van der Waals surface area contributed by atoms with Crippen LogP contribution in [0.1, 0.15) is 15.9 Å². The van der Waals surface area contributed by atoms with Crippen molar-refractivity contribution in [2.24, 2.45) is 0 Å². The van der Waals surface area contributed by atoms with E-state index in [1.165, 1.54) is 18.2 Å². The molecule has 0 aliphatic rings. The smallest absolute Gasteiger partial charge is 0.326 e. The van der Waals surface area contributed by atoms with Gasteiger partial charge in [-0.15, -0.1) is 0 Å². The van der Waals surface area contributed by atoms with E-state index in [-0.39, 0.29) is 12.0 Å². The zero-order valence-electron chi connectivity index (χ0n) is 11.4. The molecule has 4 nitrogen and oxygen atoms in total. The van der Waals surface area contributed by atoms with Gasteiger partial charge in [-0.1, -0.05) is 53.5 Å². The minimum atomic E-state index is -1.11. The maximum absolute atomic E-state index is 12.2. The van der Waals surface area contributed by atoms with Crippen molar-refractivity contribution in [2.45, 2.75) is 12.5 Å². The Hall–Kier alpha value is -2.04. The maximum Gasteiger partial charge on any atom is 0.326 e. The Bertz CT molecular complexity index is 669. The zero-order chi connectivity index (χ0) is 16.1. The van der Waals surface area contributed by atoms with Crippen LogP contribution in [0.3, 0.4) is 0 Å². The highest BCUT2D eigenvalue weighted by Gasteiger charge is 2.21. The lowest BCUT2D eigenvalue weighted by Gasteiger charge is -2.15. The molecule has 22 heavy (non-hydrogen) atoms. The summed E-state index contributed by atoms with van der Waals surface area (Å²) in [7, 11) is 0. The summed E-state index contributed by atoms with van der Waals surface area (Å²) in [5, 5.41) is 12.4. The average molecular weight is 338 g/mol. The van der Waals surface area contributed by atoms with Crippen LogP contribution in [-0.2, 0) is 11.2 Å². The van der Waals surface area contributed by atoms with E-state index in [2.05, 4.69) is 5.32 Å². The maximum atomic E-state index is 12.2. The Morgan fingerprint density at radius 2 is 1.64 bits per heavy atom. The lowest BCUT2D eigenvalue weighted by atomic mass is 10.1. The molecule has 1 amide bonds. The number of hydrogen-bond acceptors (Lipinski definition) is 2. The van der Waals surface area contributed by atoms with Crippen LogP contribution in [0.4, 0.5) is 0 Å². The van der Waals surface area contributed by atoms with Crippen molar-refractivity contribution in [3.05, 3.63) is 69.7 Å². The van der Waals surface area contributed by atoms with Crippen molar-refractivity contribution in [3.63, 3.8) is 0 Å². The molecule has 2 aromatic rings. The summed E-state index contributed by atoms with van der Waals surface area (Å²) < 4.78 is 0. The molecular weight excluding hydrogens is 325 g/mol. The van der Waals surface area contributed by atoms with Gasteiger partial charge in [0.25, 0.3) is 5.91 Å². The fourth-order valence-corrected chi connectivity index (χ4v) is 2.50. The zero-order valence-corrected chi connectivity index (χ0v) is 12.9. The van der Waals surface area contributed by atoms with Gasteiger partial charge < -0.3 is 10.4 Å². The van der Waals surface area contributed by atoms with Crippen molar-refractivity contribution >= 4 is 35.1 Å². The third kappa shape index (κ3) is 4.48. The Kier molecular flexibility index (Phi) is 5.41. The molecule has 0 unspecified atom stereocenters. The molecule has 0 radical (unpaired) electrons. The van der Waals surface area contributed by atoms with Gasteiger partial charge in [0.05, 0.1) is 0 Å². The summed E-state index contributed by atoms with van der Waals surface area (Å²) in [6.07, 6.45) is 0.191. The van der Waals surface area contributed by atoms with E-state index in [1.807, 2.05) is 18.2 Å². The van der Waals surface area contributed by atoms with Gasteiger partial charge in [0.2, 0.25) is 0 Å². The standard InChI is InChI=1S/C16H13Cl2NO3/c17-12-7-11(8-13(18)9-12)15(20)19-14(16(21)22)6-10-4-2-1-3-5-10/h1-5,7-9,14H,6H2,(H,19,20)(H,21,22)/t14-/m0/s1. The van der Waals surface area contributed by atoms with Crippen LogP contribution in [0.25, 0.3) is 0 Å². The molecule has 2 rings (SSSR count). The summed E-state index contributed by atoms with van der Waals surface area (Å²) in [6.45, 7) is 0. The van der Waals surface area contributed by atoms with Gasteiger partial charge in [0.15, 0.2) is 0 Å². The molecule has 0 bridgehead atoms. The first-order valence-corrected chi connectivity index (χ1v) is 7.25. The number of halogens is 2. The van der Waals surface area contributed by atoms with Crippen molar-refractivity contribution in [3.8, 4) is 0 Å². The van der Waals surface area contributed by atoms with Crippen LogP contribution in [0.5, 0.6) is 0 Å². The highest BCUT2D eigenvalue weighted by molar-refractivity contribution is 6.35. The van der Waals surface area contributed by atoms with Gasteiger partial charge in [0, 0.05) is 22.0 Å². The molecule has 0 heterocycles. The minimum absolute atomic E-state index is 0.191. The van der Waals surface area contributed by atoms with Crippen LogP contribution in [0, 0.1) is 0 Å². The normalized spacial score (nSPS) is 11.7. The van der Waals surface area contributed by atoms with Crippen LogP contribution in [0.2, 0.25) is 10.0 Å². The average Bonchev–Trinajstić information content (AvgIpc) is 2.46. The molecule has 0 fully saturated rings. The largest absolute Gasteiger partial charge is 0.480 e. The molecule has 2 N–H and O–H groups in total. The van der Waals surface area contributed by atoms with Gasteiger partial charge in [-0.3, -0.25) is 4.79 Å². The number of carbonyl (C=O) groups is 2. The van der Waals surface area contributed by atoms with E-state index >= 15 is 0 Å². The lowest BCUT2D eigenvalue weighted by molar-refractivity contribution is -0.139. The fourth-order valence-electron chi connectivity index (χ4n) is 1.98. The summed E-state index contributed by atoms with van der Waals surface area (Å²) in [5.41, 5.74) is 1.04. The van der Waals surface area contributed by atoms with E-state index in [4.69, 9.17) is 23.2 Å². The number of aliphatic carboxylic acids is 1. The monoisotopic (exact) mass is 337 g/mol. The first kappa shape index (κ1) is 16.3. The van der Waals surface area contributed by atoms with Gasteiger partial charge in [-0.2, -0.15) is 0 Å². The fraction of sp³-hybridized carbons (Fsp3) is 0.125. The second-order valence-corrected chi connectivity index (χ2v) is 5.59. The van der Waals surface area contributed by atoms with Crippen LogP contribution in [-0.4, -0.2) is 23.0 Å². The van der Waals surface area contributed by atoms with Gasteiger partial charge in [0.1, 0.15) is 6.04 Å². The summed E-state index contributed by atoms with van der Waals surface area (Å²) in [4.78, 5) is 23.5. The third-order valence-electron chi connectivity index (χ3n) is 3.01. The minimum Gasteiger partial charge on any atom is -0.480 e. The topological polar surface area (TPSA) is 66.4 Å². The number of hydrogen-bond donors (Lipinski definition) is 2. The van der Waals surface area contributed by atoms with Crippen LogP contribution >= 0.6 is 23.2 Å². The van der Waals surface area contributed by atoms with Crippen LogP contribution < -0.4 is 5.32 Å². The molecule has 0 aromatic heterocycles. The van der Waals surface area contributed by atoms with Crippen LogP contribution in [0.15, 0.2) is 48.5 Å². The predicted octanol–water partition coefficient (Wildman–Crippen LogP) is 3.42. The Morgan fingerprint density at radius 3 is 2.18 bits per heavy atom. The Labute approximate surface area is 137 Å². The number of rotatable bonds is 5. The van der Waals surface area contributed by atoms with E-state index in [0.29, 0.717) is 10.0 Å². The third-order valence-corrected chi connectivity index (χ3v) is 3.45. The number of carboxylic acids is 1. The quantitative estimate of drug-likeness (QED) is 0.878. The first-order valence-electron chi connectivity index (χ1n) is 6.49. The highest BCUT2D eigenvalue weighted by Crippen LogP contribution is 2.19. The SMILES string of the molecule is O=C(N[C@@H](Cc1ccccc1)C(=O)O)c1cc(Cl)cc(Cl)c1. The van der Waals surface area contributed by atoms with E-state index in [1.54, 1.807) is 12.1 Å². The van der Waals surface area contributed by atoms with Gasteiger partial charge in [-0.25, -0.2) is 4.79 Å². The Balaban J connectivity index is 2.13. The molecule has 1 atom stereocenters. The molecule has 0 aliphatic carbocycles. The molecule has 114 valence electrons. The summed E-state index contributed by atoms with van der Waals surface area (Å²) >= 11 is 11.7. The van der Waals surface area contributed by atoms with E-state index in [0.717, 1.165) is 5.56 Å². The second kappa shape index (κ2) is 7.29. The summed E-state index contributed by atoms with van der Waals surface area (Å²) in [5.74, 6) is -1.64. The number of benzene rings is 2. The predicted molar refractivity (Wildman–Crippen MR) is 85.5 cm³/mol. The second-order valence-electron chi connectivity index (χ2n) is 4.71. The van der Waals surface area contributed by atoms with Gasteiger partial charge >= 0.3 is 5.97 Å². The molecule has 0 aliphatic heterocycles. The van der Waals surface area contributed by atoms with Crippen molar-refractivity contribution in [1.82, 2.24) is 5.32 Å². The molecule has 0 spiro atoms. The lowest BCUT2D eigenvalue weighted by Crippen LogP contribution is -2.42. The van der Waals surface area contributed by atoms with Crippen molar-refractivity contribution < 1.29 is 14.7 Å². The number of nitrogens with one attached hydrogen (secondary N) is 1. The Morgan fingerprint density at radius 1 is 1.05 bits per heavy atom. The number of carboxylic acid groups (broad SMARTS) is 1. The molecule has 0 saturated heterocycles. The highest BCUT2D eigenvalue weighted by atomic mass is 35.5.